The van der Waals surface area contributed by atoms with Gasteiger partial charge in [0.05, 0.1) is 30.6 Å². The van der Waals surface area contributed by atoms with E-state index in [2.05, 4.69) is 28.2 Å². The van der Waals surface area contributed by atoms with E-state index in [0.717, 1.165) is 66.1 Å². The van der Waals surface area contributed by atoms with Gasteiger partial charge < -0.3 is 15.0 Å². The Morgan fingerprint density at radius 3 is 2.84 bits per heavy atom. The lowest BCUT2D eigenvalue weighted by atomic mass is 10.0. The van der Waals surface area contributed by atoms with E-state index in [9.17, 15) is 14.4 Å². The first-order valence-electron chi connectivity index (χ1n) is 10.6. The number of ether oxygens (including phenoxy) is 1. The number of carbonyl (C=O) groups excluding carboxylic acids is 3. The number of thioether (sulfide) groups is 1. The molecule has 1 aromatic heterocycles. The molecule has 2 fully saturated rings. The third-order valence-corrected chi connectivity index (χ3v) is 6.70. The molecule has 5 rings (SSSR count). The lowest BCUT2D eigenvalue weighted by molar-refractivity contribution is -0.125. The molecule has 9 heteroatoms. The number of hydrogen-bond acceptors (Lipinski definition) is 6. The van der Waals surface area contributed by atoms with Crippen LogP contribution in [0.5, 0.6) is 0 Å². The van der Waals surface area contributed by atoms with Crippen molar-refractivity contribution >= 4 is 46.2 Å². The summed E-state index contributed by atoms with van der Waals surface area (Å²) in [5, 5.41) is 2.66. The van der Waals surface area contributed by atoms with Crippen LogP contribution >= 0.6 is 11.8 Å². The van der Waals surface area contributed by atoms with E-state index < -0.39 is 0 Å². The number of hydrogen-bond donors (Lipinski definition) is 2. The summed E-state index contributed by atoms with van der Waals surface area (Å²) in [5.41, 5.74) is 4.88. The number of rotatable bonds is 5. The smallest absolute Gasteiger partial charge is 0.289 e. The summed E-state index contributed by atoms with van der Waals surface area (Å²) < 4.78 is 5.60. The Balaban J connectivity index is 1.35. The quantitative estimate of drug-likeness (QED) is 0.678. The van der Waals surface area contributed by atoms with Crippen molar-refractivity contribution in [3.05, 3.63) is 52.8 Å². The second-order valence-corrected chi connectivity index (χ2v) is 9.23. The van der Waals surface area contributed by atoms with Crippen LogP contribution in [0.4, 0.5) is 10.5 Å². The number of H-pyrrole nitrogens is 1. The maximum absolute atomic E-state index is 12.6. The molecule has 1 atom stereocenters. The van der Waals surface area contributed by atoms with Crippen LogP contribution in [0.2, 0.25) is 0 Å². The molecule has 2 N–H and O–H groups in total. The van der Waals surface area contributed by atoms with Gasteiger partial charge in [-0.3, -0.25) is 24.2 Å². The second-order valence-electron chi connectivity index (χ2n) is 8.31. The molecule has 2 saturated heterocycles. The minimum Gasteiger partial charge on any atom is -0.376 e. The van der Waals surface area contributed by atoms with Gasteiger partial charge >= 0.3 is 0 Å². The Labute approximate surface area is 190 Å². The van der Waals surface area contributed by atoms with Crippen molar-refractivity contribution in [1.29, 1.82) is 0 Å². The van der Waals surface area contributed by atoms with Crippen LogP contribution in [0.25, 0.3) is 11.6 Å². The molecule has 0 radical (unpaired) electrons. The summed E-state index contributed by atoms with van der Waals surface area (Å²) in [4.78, 5) is 43.3. The summed E-state index contributed by atoms with van der Waals surface area (Å²) >= 11 is 1.02. The maximum atomic E-state index is 12.6. The maximum Gasteiger partial charge on any atom is 0.289 e. The normalized spacial score (nSPS) is 22.7. The number of nitrogens with one attached hydrogen (secondary N) is 2. The molecule has 166 valence electrons. The van der Waals surface area contributed by atoms with Gasteiger partial charge in [-0.25, -0.2) is 0 Å². The number of carbonyl (C=O) groups is 3. The molecular weight excluding hydrogens is 428 g/mol. The van der Waals surface area contributed by atoms with Gasteiger partial charge in [-0.1, -0.05) is 17.8 Å². The Hall–Kier alpha value is -2.88. The standard InChI is InChI=1S/C23H24N4O4S/c1-14-10-26(4-5-31-14)11-16-6-17(24-9-16)8-19-18-7-15(2-3-20(18)25-22(19)29)12-27-21(28)13-32-23(27)30/h2-3,6-9,14,24H,4-5,10-13H2,1H3,(H,25,29). The first-order valence-corrected chi connectivity index (χ1v) is 11.6. The predicted molar refractivity (Wildman–Crippen MR) is 123 cm³/mol. The highest BCUT2D eigenvalue weighted by Gasteiger charge is 2.31. The molecule has 0 aliphatic carbocycles. The number of aromatic amines is 1. The molecule has 3 aliphatic heterocycles. The van der Waals surface area contributed by atoms with Crippen LogP contribution in [0.15, 0.2) is 30.5 Å². The van der Waals surface area contributed by atoms with Crippen molar-refractivity contribution in [2.24, 2.45) is 0 Å². The zero-order chi connectivity index (χ0) is 22.2. The minimum atomic E-state index is -0.228. The zero-order valence-electron chi connectivity index (χ0n) is 17.7. The lowest BCUT2D eigenvalue weighted by Gasteiger charge is -2.30. The third kappa shape index (κ3) is 4.23. The average Bonchev–Trinajstić information content (AvgIpc) is 3.43. The largest absolute Gasteiger partial charge is 0.376 e. The summed E-state index contributed by atoms with van der Waals surface area (Å²) in [6.45, 7) is 5.68. The average molecular weight is 453 g/mol. The molecule has 8 nitrogen and oxygen atoms in total. The van der Waals surface area contributed by atoms with Crippen LogP contribution in [-0.2, 0) is 27.4 Å². The van der Waals surface area contributed by atoms with E-state index in [1.54, 1.807) is 0 Å². The van der Waals surface area contributed by atoms with E-state index in [0.29, 0.717) is 5.57 Å². The van der Waals surface area contributed by atoms with Crippen LogP contribution < -0.4 is 5.32 Å². The summed E-state index contributed by atoms with van der Waals surface area (Å²) in [6.07, 6.45) is 4.05. The van der Waals surface area contributed by atoms with Crippen molar-refractivity contribution in [1.82, 2.24) is 14.8 Å². The monoisotopic (exact) mass is 452 g/mol. The summed E-state index contributed by atoms with van der Waals surface area (Å²) in [5.74, 6) is -0.161. The summed E-state index contributed by atoms with van der Waals surface area (Å²) in [7, 11) is 0. The Morgan fingerprint density at radius 1 is 1.19 bits per heavy atom. The van der Waals surface area contributed by atoms with Gasteiger partial charge in [0.25, 0.3) is 11.1 Å². The van der Waals surface area contributed by atoms with Crippen molar-refractivity contribution in [3.8, 4) is 0 Å². The molecule has 0 saturated carbocycles. The molecule has 0 bridgehead atoms. The highest BCUT2D eigenvalue weighted by atomic mass is 32.2. The van der Waals surface area contributed by atoms with Gasteiger partial charge in [0, 0.05) is 42.8 Å². The van der Waals surface area contributed by atoms with Crippen LogP contribution in [0, 0.1) is 0 Å². The highest BCUT2D eigenvalue weighted by molar-refractivity contribution is 8.14. The number of imide groups is 1. The fraction of sp³-hybridized carbons (Fsp3) is 0.348. The minimum absolute atomic E-state index is 0.167. The molecule has 3 amide bonds. The number of morpholine rings is 1. The van der Waals surface area contributed by atoms with Crippen molar-refractivity contribution in [3.63, 3.8) is 0 Å². The van der Waals surface area contributed by atoms with Gasteiger partial charge in [-0.2, -0.15) is 0 Å². The Kier molecular flexibility index (Phi) is 5.62. The lowest BCUT2D eigenvalue weighted by Crippen LogP contribution is -2.40. The predicted octanol–water partition coefficient (Wildman–Crippen LogP) is 2.92. The number of anilines is 1. The molecule has 2 aromatic rings. The van der Waals surface area contributed by atoms with Crippen LogP contribution in [-0.4, -0.2) is 63.4 Å². The van der Waals surface area contributed by atoms with Gasteiger partial charge in [-0.05, 0) is 42.3 Å². The van der Waals surface area contributed by atoms with Gasteiger partial charge in [-0.15, -0.1) is 0 Å². The molecule has 1 unspecified atom stereocenters. The van der Waals surface area contributed by atoms with Crippen LogP contribution in [0.3, 0.4) is 0 Å². The number of nitrogens with zero attached hydrogens (tertiary/aromatic N) is 2. The number of fused-ring (bicyclic) bond motifs is 1. The summed E-state index contributed by atoms with van der Waals surface area (Å²) in [6, 6.07) is 7.59. The number of aromatic nitrogens is 1. The van der Waals surface area contributed by atoms with Gasteiger partial charge in [0.2, 0.25) is 5.91 Å². The fourth-order valence-electron chi connectivity index (χ4n) is 4.27. The fourth-order valence-corrected chi connectivity index (χ4v) is 5.00. The van der Waals surface area contributed by atoms with Gasteiger partial charge in [0.15, 0.2) is 0 Å². The van der Waals surface area contributed by atoms with E-state index in [4.69, 9.17) is 4.74 Å². The van der Waals surface area contributed by atoms with E-state index in [1.807, 2.05) is 30.5 Å². The van der Waals surface area contributed by atoms with Gasteiger partial charge in [0.1, 0.15) is 0 Å². The molecule has 32 heavy (non-hydrogen) atoms. The van der Waals surface area contributed by atoms with E-state index in [1.165, 1.54) is 4.90 Å². The number of amides is 3. The van der Waals surface area contributed by atoms with Crippen molar-refractivity contribution in [2.75, 3.05) is 30.8 Å². The Bertz CT molecular complexity index is 1110. The first kappa shape index (κ1) is 21.0. The molecular formula is C23H24N4O4S. The second kappa shape index (κ2) is 8.57. The topological polar surface area (TPSA) is 94.7 Å². The molecule has 3 aliphatic rings. The molecule has 1 aromatic carbocycles. The molecule has 0 spiro atoms. The van der Waals surface area contributed by atoms with Crippen LogP contribution in [0.1, 0.15) is 29.3 Å². The Morgan fingerprint density at radius 2 is 2.06 bits per heavy atom. The first-order chi connectivity index (χ1) is 15.5. The SMILES string of the molecule is CC1CN(Cc2c[nH]c(C=C3C(=O)Nc4ccc(CN5C(=O)CSC5=O)cc43)c2)CCO1. The zero-order valence-corrected chi connectivity index (χ0v) is 18.5. The molecule has 4 heterocycles. The third-order valence-electron chi connectivity index (χ3n) is 5.84. The van der Waals surface area contributed by atoms with Crippen molar-refractivity contribution in [2.45, 2.75) is 26.1 Å². The van der Waals surface area contributed by atoms with E-state index >= 15 is 0 Å². The van der Waals surface area contributed by atoms with E-state index in [-0.39, 0.29) is 35.5 Å². The highest BCUT2D eigenvalue weighted by Crippen LogP contribution is 2.34. The number of benzene rings is 1. The van der Waals surface area contributed by atoms with Crippen molar-refractivity contribution < 1.29 is 19.1 Å².